The van der Waals surface area contributed by atoms with Gasteiger partial charge in [-0.2, -0.15) is 0 Å². The number of carbonyl (C=O) groups excluding carboxylic acids is 1. The quantitative estimate of drug-likeness (QED) is 0.419. The van der Waals surface area contributed by atoms with Gasteiger partial charge in [0.1, 0.15) is 0 Å². The Bertz CT molecular complexity index is 629. The summed E-state index contributed by atoms with van der Waals surface area (Å²) in [4.78, 5) is 12.6. The van der Waals surface area contributed by atoms with Crippen LogP contribution in [0.2, 0.25) is 0 Å². The van der Waals surface area contributed by atoms with E-state index in [0.29, 0.717) is 6.42 Å². The van der Waals surface area contributed by atoms with Crippen LogP contribution in [0.5, 0.6) is 0 Å². The van der Waals surface area contributed by atoms with Gasteiger partial charge in [-0.25, -0.2) is 5.06 Å². The van der Waals surface area contributed by atoms with Gasteiger partial charge in [0.05, 0.1) is 12.0 Å². The maximum Gasteiger partial charge on any atom is 0.233 e. The summed E-state index contributed by atoms with van der Waals surface area (Å²) in [6.07, 6.45) is 8.71. The predicted octanol–water partition coefficient (Wildman–Crippen LogP) is 2.34. The third-order valence-corrected chi connectivity index (χ3v) is 4.47. The van der Waals surface area contributed by atoms with Crippen LogP contribution in [0, 0.1) is 5.41 Å². The molecule has 1 aliphatic carbocycles. The molecule has 0 unspecified atom stereocenters. The largest absolute Gasteiger partial charge is 0.374 e. The zero-order chi connectivity index (χ0) is 17.6. The summed E-state index contributed by atoms with van der Waals surface area (Å²) in [5, 5.41) is 12.9. The molecule has 0 bridgehead atoms. The molecule has 128 valence electrons. The Hall–Kier alpha value is -2.18. The Morgan fingerprint density at radius 1 is 1.33 bits per heavy atom. The number of carbonyl (C=O) groups is 1. The molecule has 0 saturated heterocycles. The number of hydrogen-bond donors (Lipinski definition) is 3. The van der Waals surface area contributed by atoms with E-state index in [9.17, 15) is 10.0 Å². The molecule has 1 aliphatic rings. The number of benzene rings is 1. The van der Waals surface area contributed by atoms with Crippen LogP contribution in [0.15, 0.2) is 54.6 Å². The first-order valence-electron chi connectivity index (χ1n) is 7.96. The van der Waals surface area contributed by atoms with Crippen molar-refractivity contribution < 1.29 is 10.0 Å². The van der Waals surface area contributed by atoms with E-state index >= 15 is 0 Å². The molecule has 0 aliphatic heterocycles. The van der Waals surface area contributed by atoms with Crippen molar-refractivity contribution in [3.8, 4) is 0 Å². The van der Waals surface area contributed by atoms with E-state index in [2.05, 4.69) is 41.8 Å². The molecule has 0 saturated carbocycles. The molecule has 0 radical (unpaired) electrons. The van der Waals surface area contributed by atoms with Crippen molar-refractivity contribution in [1.82, 2.24) is 10.4 Å². The second-order valence-corrected chi connectivity index (χ2v) is 6.18. The summed E-state index contributed by atoms with van der Waals surface area (Å²) in [6.45, 7) is 2.39. The highest BCUT2D eigenvalue weighted by Crippen LogP contribution is 2.34. The topological polar surface area (TPSA) is 78.6 Å². The first-order chi connectivity index (χ1) is 11.5. The van der Waals surface area contributed by atoms with E-state index < -0.39 is 5.41 Å². The van der Waals surface area contributed by atoms with Crippen molar-refractivity contribution in [3.63, 3.8) is 0 Å². The molecule has 1 aromatic rings. The first-order valence-corrected chi connectivity index (χ1v) is 8.37. The lowest BCUT2D eigenvalue weighted by Crippen LogP contribution is -2.44. The molecule has 0 atom stereocenters. The van der Waals surface area contributed by atoms with Gasteiger partial charge in [0.15, 0.2) is 5.11 Å². The number of nitrogens with two attached hydrogens (primary N) is 1. The smallest absolute Gasteiger partial charge is 0.233 e. The lowest BCUT2D eigenvalue weighted by Gasteiger charge is -2.29. The van der Waals surface area contributed by atoms with Crippen LogP contribution in [-0.4, -0.2) is 34.4 Å². The van der Waals surface area contributed by atoms with Gasteiger partial charge in [-0.15, -0.1) is 0 Å². The van der Waals surface area contributed by atoms with E-state index in [0.717, 1.165) is 5.06 Å². The van der Waals surface area contributed by atoms with Gasteiger partial charge >= 0.3 is 0 Å². The second kappa shape index (κ2) is 8.08. The maximum atomic E-state index is 12.6. The average molecular weight is 345 g/mol. The molecule has 2 rings (SSSR count). The molecule has 1 amide bonds. The zero-order valence-electron chi connectivity index (χ0n) is 13.7. The Balaban J connectivity index is 1.99. The number of hydrogen-bond acceptors (Lipinski definition) is 3. The normalized spacial score (nSPS) is 22.2. The Morgan fingerprint density at radius 2 is 1.96 bits per heavy atom. The molecule has 0 aromatic heterocycles. The first kappa shape index (κ1) is 18.2. The van der Waals surface area contributed by atoms with Crippen molar-refractivity contribution in [2.45, 2.75) is 19.3 Å². The molecule has 0 spiro atoms. The van der Waals surface area contributed by atoms with E-state index in [1.165, 1.54) is 5.56 Å². The van der Waals surface area contributed by atoms with Crippen LogP contribution >= 0.6 is 12.2 Å². The van der Waals surface area contributed by atoms with E-state index in [-0.39, 0.29) is 30.0 Å². The van der Waals surface area contributed by atoms with Gasteiger partial charge in [-0.1, -0.05) is 61.6 Å². The SMILES string of the molecule is CCC1(C(=O)NCCN(O)C(N)=S)C=CC(c2ccccc2)C=C1. The molecule has 0 heterocycles. The third-order valence-electron chi connectivity index (χ3n) is 4.26. The van der Waals surface area contributed by atoms with E-state index in [1.807, 2.05) is 37.3 Å². The van der Waals surface area contributed by atoms with Gasteiger partial charge < -0.3 is 11.1 Å². The highest BCUT2D eigenvalue weighted by atomic mass is 32.1. The monoisotopic (exact) mass is 345 g/mol. The van der Waals surface area contributed by atoms with Crippen molar-refractivity contribution >= 4 is 23.2 Å². The minimum Gasteiger partial charge on any atom is -0.374 e. The van der Waals surface area contributed by atoms with Gasteiger partial charge in [0.2, 0.25) is 5.91 Å². The van der Waals surface area contributed by atoms with Crippen LogP contribution < -0.4 is 11.1 Å². The van der Waals surface area contributed by atoms with Gasteiger partial charge in [-0.3, -0.25) is 10.0 Å². The fraction of sp³-hybridized carbons (Fsp3) is 0.333. The van der Waals surface area contributed by atoms with Crippen LogP contribution in [0.3, 0.4) is 0 Å². The summed E-state index contributed by atoms with van der Waals surface area (Å²) < 4.78 is 0. The van der Waals surface area contributed by atoms with Crippen molar-refractivity contribution in [2.75, 3.05) is 13.1 Å². The van der Waals surface area contributed by atoms with Crippen LogP contribution in [-0.2, 0) is 4.79 Å². The minimum absolute atomic E-state index is 0.0969. The fourth-order valence-electron chi connectivity index (χ4n) is 2.67. The Morgan fingerprint density at radius 3 is 2.50 bits per heavy atom. The van der Waals surface area contributed by atoms with Gasteiger partial charge in [0.25, 0.3) is 0 Å². The summed E-state index contributed by atoms with van der Waals surface area (Å²) in [5.41, 5.74) is 5.83. The summed E-state index contributed by atoms with van der Waals surface area (Å²) in [7, 11) is 0. The molecule has 4 N–H and O–H groups in total. The van der Waals surface area contributed by atoms with Crippen molar-refractivity contribution in [3.05, 3.63) is 60.2 Å². The van der Waals surface area contributed by atoms with Gasteiger partial charge in [-0.05, 0) is 24.2 Å². The van der Waals surface area contributed by atoms with Crippen LogP contribution in [0.4, 0.5) is 0 Å². The van der Waals surface area contributed by atoms with Gasteiger partial charge in [0, 0.05) is 12.5 Å². The molecule has 5 nitrogen and oxygen atoms in total. The Labute approximate surface area is 147 Å². The van der Waals surface area contributed by atoms with E-state index in [1.54, 1.807) is 0 Å². The lowest BCUT2D eigenvalue weighted by molar-refractivity contribution is -0.127. The lowest BCUT2D eigenvalue weighted by atomic mass is 9.77. The standard InChI is InChI=1S/C18H23N3O2S/c1-2-18(16(22)20-12-13-21(23)17(19)24)10-8-15(9-11-18)14-6-4-3-5-7-14/h3-11,15,23H,2,12-13H2,1H3,(H2,19,24)(H,20,22). The number of rotatable bonds is 6. The molecule has 0 fully saturated rings. The fourth-order valence-corrected chi connectivity index (χ4v) is 2.76. The number of allylic oxidation sites excluding steroid dienone is 2. The number of thiocarbonyl (C=S) groups is 1. The van der Waals surface area contributed by atoms with Crippen LogP contribution in [0.25, 0.3) is 0 Å². The number of nitrogens with zero attached hydrogens (tertiary/aromatic N) is 1. The molecule has 6 heteroatoms. The third kappa shape index (κ3) is 4.21. The van der Waals surface area contributed by atoms with Crippen molar-refractivity contribution in [1.29, 1.82) is 0 Å². The maximum absolute atomic E-state index is 12.6. The number of nitrogens with one attached hydrogen (secondary N) is 1. The number of amides is 1. The average Bonchev–Trinajstić information content (AvgIpc) is 2.62. The summed E-state index contributed by atoms with van der Waals surface area (Å²) in [6, 6.07) is 10.1. The van der Waals surface area contributed by atoms with Crippen molar-refractivity contribution in [2.24, 2.45) is 11.1 Å². The zero-order valence-corrected chi connectivity index (χ0v) is 14.5. The predicted molar refractivity (Wildman–Crippen MR) is 98.5 cm³/mol. The van der Waals surface area contributed by atoms with Crippen LogP contribution in [0.1, 0.15) is 24.8 Å². The molecule has 24 heavy (non-hydrogen) atoms. The second-order valence-electron chi connectivity index (χ2n) is 5.77. The Kier molecular flexibility index (Phi) is 6.11. The van der Waals surface area contributed by atoms with E-state index in [4.69, 9.17) is 5.73 Å². The number of hydroxylamine groups is 2. The molecular formula is C18H23N3O2S. The summed E-state index contributed by atoms with van der Waals surface area (Å²) >= 11 is 4.65. The summed E-state index contributed by atoms with van der Waals surface area (Å²) in [5.74, 6) is 0.0848. The minimum atomic E-state index is -0.658. The highest BCUT2D eigenvalue weighted by molar-refractivity contribution is 7.80. The highest BCUT2D eigenvalue weighted by Gasteiger charge is 2.33. The molecular weight excluding hydrogens is 322 g/mol. The molecule has 1 aromatic carbocycles.